The van der Waals surface area contributed by atoms with Crippen molar-refractivity contribution < 1.29 is 25.2 Å². The maximum absolute atomic E-state index is 10.4. The fourth-order valence-electron chi connectivity index (χ4n) is 3.38. The van der Waals surface area contributed by atoms with Crippen LogP contribution in [0.3, 0.4) is 0 Å². The lowest BCUT2D eigenvalue weighted by molar-refractivity contribution is -0.137. The number of aliphatic hydroxyl groups excluding tert-OH is 3. The molecule has 5 atom stereocenters. The fourth-order valence-corrected chi connectivity index (χ4v) is 3.38. The number of hydrogen-bond donors (Lipinski definition) is 4. The molecule has 23 heavy (non-hydrogen) atoms. The van der Waals surface area contributed by atoms with Gasteiger partial charge in [-0.2, -0.15) is 0 Å². The van der Waals surface area contributed by atoms with Gasteiger partial charge >= 0.3 is 5.97 Å². The first-order valence-electron chi connectivity index (χ1n) is 8.90. The Morgan fingerprint density at radius 3 is 2.48 bits per heavy atom. The molecule has 1 fully saturated rings. The van der Waals surface area contributed by atoms with Gasteiger partial charge in [-0.1, -0.05) is 38.3 Å². The second kappa shape index (κ2) is 10.8. The van der Waals surface area contributed by atoms with Gasteiger partial charge in [-0.05, 0) is 38.0 Å². The zero-order valence-electron chi connectivity index (χ0n) is 14.1. The first kappa shape index (κ1) is 20.1. The van der Waals surface area contributed by atoms with Crippen molar-refractivity contribution in [2.24, 2.45) is 11.8 Å². The Kier molecular flexibility index (Phi) is 9.44. The van der Waals surface area contributed by atoms with E-state index in [1.165, 1.54) is 0 Å². The van der Waals surface area contributed by atoms with E-state index in [4.69, 9.17) is 5.11 Å². The summed E-state index contributed by atoms with van der Waals surface area (Å²) < 4.78 is 0. The van der Waals surface area contributed by atoms with E-state index in [1.807, 2.05) is 19.1 Å². The molecule has 0 bridgehead atoms. The second-order valence-electron chi connectivity index (χ2n) is 6.64. The first-order chi connectivity index (χ1) is 11.0. The minimum atomic E-state index is -0.784. The number of hydrogen-bond acceptors (Lipinski definition) is 4. The molecule has 5 heteroatoms. The van der Waals surface area contributed by atoms with Crippen molar-refractivity contribution in [2.45, 2.75) is 83.0 Å². The summed E-state index contributed by atoms with van der Waals surface area (Å²) in [6.45, 7) is 1.91. The smallest absolute Gasteiger partial charge is 0.303 e. The van der Waals surface area contributed by atoms with E-state index in [-0.39, 0.29) is 18.3 Å². The lowest BCUT2D eigenvalue weighted by Crippen LogP contribution is -2.28. The van der Waals surface area contributed by atoms with Gasteiger partial charge in [0.05, 0.1) is 18.3 Å². The normalized spacial score (nSPS) is 29.2. The van der Waals surface area contributed by atoms with Crippen molar-refractivity contribution in [3.05, 3.63) is 12.2 Å². The van der Waals surface area contributed by atoms with Crippen LogP contribution in [0, 0.1) is 11.8 Å². The standard InChI is InChI=1S/C18H32O5/c1-2-15(19)14-12-16(20)18(23)13(14)10-8-6-4-3-5-7-9-11-17(21)22/h8,10,13-16,18-20,23H,2-7,9,11-12H2,1H3,(H,21,22)/b10-8-/t13-,14+,15-,16+,18+/m0/s1. The Labute approximate surface area is 139 Å². The van der Waals surface area contributed by atoms with E-state index in [0.29, 0.717) is 12.8 Å². The number of carboxylic acid groups (broad SMARTS) is 1. The summed E-state index contributed by atoms with van der Waals surface area (Å²) in [4.78, 5) is 10.4. The van der Waals surface area contributed by atoms with Crippen LogP contribution < -0.4 is 0 Å². The molecule has 0 aliphatic heterocycles. The van der Waals surface area contributed by atoms with Crippen LogP contribution in [0.5, 0.6) is 0 Å². The van der Waals surface area contributed by atoms with Crippen LogP contribution in [-0.2, 0) is 4.79 Å². The van der Waals surface area contributed by atoms with E-state index in [2.05, 4.69) is 0 Å². The number of allylic oxidation sites excluding steroid dienone is 1. The van der Waals surface area contributed by atoms with E-state index >= 15 is 0 Å². The van der Waals surface area contributed by atoms with Gasteiger partial charge < -0.3 is 20.4 Å². The van der Waals surface area contributed by atoms with Gasteiger partial charge in [-0.25, -0.2) is 0 Å². The molecule has 5 nitrogen and oxygen atoms in total. The van der Waals surface area contributed by atoms with Crippen molar-refractivity contribution in [2.75, 3.05) is 0 Å². The van der Waals surface area contributed by atoms with Crippen molar-refractivity contribution in [1.82, 2.24) is 0 Å². The van der Waals surface area contributed by atoms with Crippen molar-refractivity contribution >= 4 is 5.97 Å². The molecule has 0 aromatic carbocycles. The maximum Gasteiger partial charge on any atom is 0.303 e. The number of carbonyl (C=O) groups is 1. The molecule has 1 saturated carbocycles. The fraction of sp³-hybridized carbons (Fsp3) is 0.833. The van der Waals surface area contributed by atoms with Gasteiger partial charge in [0.2, 0.25) is 0 Å². The lowest BCUT2D eigenvalue weighted by Gasteiger charge is -2.22. The minimum absolute atomic E-state index is 0.0720. The average molecular weight is 328 g/mol. The van der Waals surface area contributed by atoms with E-state index in [9.17, 15) is 20.1 Å². The molecular formula is C18H32O5. The lowest BCUT2D eigenvalue weighted by atomic mass is 9.88. The summed E-state index contributed by atoms with van der Waals surface area (Å²) in [6.07, 6.45) is 9.08. The highest BCUT2D eigenvalue weighted by atomic mass is 16.4. The van der Waals surface area contributed by atoms with Gasteiger partial charge in [0, 0.05) is 12.3 Å². The largest absolute Gasteiger partial charge is 0.481 e. The number of aliphatic hydroxyl groups is 3. The van der Waals surface area contributed by atoms with Crippen LogP contribution in [0.2, 0.25) is 0 Å². The zero-order chi connectivity index (χ0) is 17.2. The summed E-state index contributed by atoms with van der Waals surface area (Å²) >= 11 is 0. The number of carboxylic acids is 1. The van der Waals surface area contributed by atoms with Crippen molar-refractivity contribution in [3.8, 4) is 0 Å². The highest BCUT2D eigenvalue weighted by Crippen LogP contribution is 2.36. The van der Waals surface area contributed by atoms with Gasteiger partial charge in [0.25, 0.3) is 0 Å². The van der Waals surface area contributed by atoms with Crippen LogP contribution in [0.4, 0.5) is 0 Å². The molecule has 0 radical (unpaired) electrons. The van der Waals surface area contributed by atoms with Gasteiger partial charge in [-0.3, -0.25) is 4.79 Å². The third kappa shape index (κ3) is 7.02. The van der Waals surface area contributed by atoms with Gasteiger partial charge in [-0.15, -0.1) is 0 Å². The quantitative estimate of drug-likeness (QED) is 0.345. The average Bonchev–Trinajstić information content (AvgIpc) is 2.80. The predicted octanol–water partition coefficient (Wildman–Crippen LogP) is 2.49. The monoisotopic (exact) mass is 328 g/mol. The maximum atomic E-state index is 10.4. The Hall–Kier alpha value is -0.910. The third-order valence-electron chi connectivity index (χ3n) is 4.83. The molecule has 1 rings (SSSR count). The van der Waals surface area contributed by atoms with Crippen molar-refractivity contribution in [3.63, 3.8) is 0 Å². The van der Waals surface area contributed by atoms with Crippen LogP contribution in [0.25, 0.3) is 0 Å². The molecule has 0 aromatic heterocycles. The van der Waals surface area contributed by atoms with Crippen molar-refractivity contribution in [1.29, 1.82) is 0 Å². The third-order valence-corrected chi connectivity index (χ3v) is 4.83. The zero-order valence-corrected chi connectivity index (χ0v) is 14.1. The molecule has 4 N–H and O–H groups in total. The summed E-state index contributed by atoms with van der Waals surface area (Å²) in [5.41, 5.74) is 0. The Bertz CT molecular complexity index is 368. The van der Waals surface area contributed by atoms with Gasteiger partial charge in [0.1, 0.15) is 0 Å². The molecule has 0 spiro atoms. The molecule has 1 aliphatic rings. The Balaban J connectivity index is 2.23. The molecule has 0 unspecified atom stereocenters. The van der Waals surface area contributed by atoms with E-state index in [0.717, 1.165) is 38.5 Å². The molecule has 1 aliphatic carbocycles. The van der Waals surface area contributed by atoms with Crippen LogP contribution in [0.1, 0.15) is 64.7 Å². The van der Waals surface area contributed by atoms with Gasteiger partial charge in [0.15, 0.2) is 0 Å². The Morgan fingerprint density at radius 2 is 1.83 bits per heavy atom. The summed E-state index contributed by atoms with van der Waals surface area (Å²) in [6, 6.07) is 0. The molecule has 0 heterocycles. The highest BCUT2D eigenvalue weighted by molar-refractivity contribution is 5.66. The second-order valence-corrected chi connectivity index (χ2v) is 6.64. The van der Waals surface area contributed by atoms with E-state index < -0.39 is 24.3 Å². The molecule has 0 saturated heterocycles. The highest BCUT2D eigenvalue weighted by Gasteiger charge is 2.42. The Morgan fingerprint density at radius 1 is 1.17 bits per heavy atom. The molecule has 0 amide bonds. The topological polar surface area (TPSA) is 98.0 Å². The number of aliphatic carboxylic acids is 1. The SMILES string of the molecule is CC[C@H](O)[C@@H]1C[C@@H](O)[C@H](O)[C@H]1/C=C\CCCCCCCC(=O)O. The molecule has 0 aromatic rings. The summed E-state index contributed by atoms with van der Waals surface area (Å²) in [7, 11) is 0. The molecule has 134 valence electrons. The minimum Gasteiger partial charge on any atom is -0.481 e. The summed E-state index contributed by atoms with van der Waals surface area (Å²) in [5.74, 6) is -0.971. The van der Waals surface area contributed by atoms with Crippen LogP contribution in [0.15, 0.2) is 12.2 Å². The molecular weight excluding hydrogens is 296 g/mol. The predicted molar refractivity (Wildman–Crippen MR) is 89.0 cm³/mol. The first-order valence-corrected chi connectivity index (χ1v) is 8.90. The summed E-state index contributed by atoms with van der Waals surface area (Å²) in [5, 5.41) is 38.4. The van der Waals surface area contributed by atoms with Crippen LogP contribution >= 0.6 is 0 Å². The number of rotatable bonds is 11. The van der Waals surface area contributed by atoms with E-state index in [1.54, 1.807) is 0 Å². The number of unbranched alkanes of at least 4 members (excludes halogenated alkanes) is 5. The van der Waals surface area contributed by atoms with Crippen LogP contribution in [-0.4, -0.2) is 44.7 Å².